The van der Waals surface area contributed by atoms with Gasteiger partial charge >= 0.3 is 0 Å². The van der Waals surface area contributed by atoms with Crippen LogP contribution in [0.4, 0.5) is 0 Å². The largest absolute Gasteiger partial charge is 0.393 e. The second kappa shape index (κ2) is 6.58. The van der Waals surface area contributed by atoms with Gasteiger partial charge in [-0.05, 0) is 25.8 Å². The van der Waals surface area contributed by atoms with E-state index in [1.54, 1.807) is 4.68 Å². The van der Waals surface area contributed by atoms with Crippen LogP contribution >= 0.6 is 0 Å². The normalized spacial score (nSPS) is 13.0. The fourth-order valence-electron chi connectivity index (χ4n) is 1.46. The van der Waals surface area contributed by atoms with E-state index in [1.807, 2.05) is 26.4 Å². The van der Waals surface area contributed by atoms with Crippen LogP contribution in [0.3, 0.4) is 0 Å². The molecule has 0 fully saturated rings. The third-order valence-corrected chi connectivity index (χ3v) is 2.45. The van der Waals surface area contributed by atoms with Crippen molar-refractivity contribution < 1.29 is 5.11 Å². The summed E-state index contributed by atoms with van der Waals surface area (Å²) in [4.78, 5) is 0. The van der Waals surface area contributed by atoms with Gasteiger partial charge in [-0.15, -0.1) is 0 Å². The maximum absolute atomic E-state index is 9.34. The molecule has 86 valence electrons. The Morgan fingerprint density at radius 1 is 1.60 bits per heavy atom. The Balaban J connectivity index is 2.02. The molecule has 0 aromatic carbocycles. The van der Waals surface area contributed by atoms with E-state index in [9.17, 15) is 5.11 Å². The first kappa shape index (κ1) is 12.2. The number of nitrogens with one attached hydrogen (secondary N) is 1. The molecule has 1 aromatic heterocycles. The van der Waals surface area contributed by atoms with Crippen molar-refractivity contribution in [3.63, 3.8) is 0 Å². The van der Waals surface area contributed by atoms with Crippen molar-refractivity contribution in [3.05, 3.63) is 18.0 Å². The molecular formula is C11H21N3O. The van der Waals surface area contributed by atoms with E-state index in [-0.39, 0.29) is 6.10 Å². The Labute approximate surface area is 91.3 Å². The third kappa shape index (κ3) is 4.95. The first-order chi connectivity index (χ1) is 7.22. The predicted molar refractivity (Wildman–Crippen MR) is 60.4 cm³/mol. The lowest BCUT2D eigenvalue weighted by Gasteiger charge is -2.07. The quantitative estimate of drug-likeness (QED) is 0.663. The third-order valence-electron chi connectivity index (χ3n) is 2.45. The molecule has 0 bridgehead atoms. The molecule has 4 heteroatoms. The van der Waals surface area contributed by atoms with E-state index in [0.717, 1.165) is 32.4 Å². The fraction of sp³-hybridized carbons (Fsp3) is 0.727. The van der Waals surface area contributed by atoms with E-state index < -0.39 is 0 Å². The van der Waals surface area contributed by atoms with Gasteiger partial charge in [0.15, 0.2) is 0 Å². The Hall–Kier alpha value is -0.870. The number of aromatic nitrogens is 2. The van der Waals surface area contributed by atoms with Crippen LogP contribution in [0.2, 0.25) is 0 Å². The minimum Gasteiger partial charge on any atom is -0.393 e. The second-order valence-electron chi connectivity index (χ2n) is 3.90. The van der Waals surface area contributed by atoms with Crippen molar-refractivity contribution >= 4 is 0 Å². The lowest BCUT2D eigenvalue weighted by Crippen LogP contribution is -2.16. The van der Waals surface area contributed by atoms with Crippen LogP contribution in [0.1, 0.15) is 31.7 Å². The topological polar surface area (TPSA) is 50.1 Å². The van der Waals surface area contributed by atoms with E-state index in [1.165, 1.54) is 5.56 Å². The van der Waals surface area contributed by atoms with Gasteiger partial charge in [0.2, 0.25) is 0 Å². The van der Waals surface area contributed by atoms with Crippen molar-refractivity contribution in [2.45, 2.75) is 38.8 Å². The maximum Gasteiger partial charge on any atom is 0.0538 e. The number of aliphatic hydroxyl groups is 1. The van der Waals surface area contributed by atoms with E-state index in [4.69, 9.17) is 0 Å². The van der Waals surface area contributed by atoms with Gasteiger partial charge in [-0.3, -0.25) is 4.68 Å². The van der Waals surface area contributed by atoms with Gasteiger partial charge in [-0.2, -0.15) is 5.10 Å². The summed E-state index contributed by atoms with van der Waals surface area (Å²) in [5, 5.41) is 16.8. The summed E-state index contributed by atoms with van der Waals surface area (Å²) in [6.07, 6.45) is 6.50. The zero-order chi connectivity index (χ0) is 11.1. The number of aliphatic hydroxyl groups excluding tert-OH is 1. The summed E-state index contributed by atoms with van der Waals surface area (Å²) in [5.41, 5.74) is 1.20. The van der Waals surface area contributed by atoms with Gasteiger partial charge in [0.1, 0.15) is 0 Å². The van der Waals surface area contributed by atoms with Crippen LogP contribution in [0, 0.1) is 0 Å². The number of rotatable bonds is 7. The van der Waals surface area contributed by atoms with Crippen molar-refractivity contribution in [2.75, 3.05) is 6.54 Å². The lowest BCUT2D eigenvalue weighted by molar-refractivity contribution is 0.157. The molecule has 2 N–H and O–H groups in total. The van der Waals surface area contributed by atoms with Crippen molar-refractivity contribution in [3.8, 4) is 0 Å². The zero-order valence-electron chi connectivity index (χ0n) is 9.61. The Morgan fingerprint density at radius 2 is 2.40 bits per heavy atom. The number of nitrogens with zero attached hydrogens (tertiary/aromatic N) is 2. The van der Waals surface area contributed by atoms with Crippen LogP contribution < -0.4 is 5.32 Å². The molecule has 0 saturated heterocycles. The summed E-state index contributed by atoms with van der Waals surface area (Å²) < 4.78 is 1.80. The van der Waals surface area contributed by atoms with E-state index in [0.29, 0.717) is 0 Å². The van der Waals surface area contributed by atoms with Crippen LogP contribution in [-0.2, 0) is 13.6 Å². The average Bonchev–Trinajstić information content (AvgIpc) is 2.63. The van der Waals surface area contributed by atoms with Crippen molar-refractivity contribution in [1.82, 2.24) is 15.1 Å². The molecule has 1 unspecified atom stereocenters. The molecule has 0 aliphatic heterocycles. The molecule has 1 atom stereocenters. The molecule has 0 aliphatic rings. The van der Waals surface area contributed by atoms with E-state index >= 15 is 0 Å². The highest BCUT2D eigenvalue weighted by molar-refractivity contribution is 5.02. The highest BCUT2D eigenvalue weighted by Crippen LogP contribution is 2.00. The van der Waals surface area contributed by atoms with Gasteiger partial charge < -0.3 is 10.4 Å². The van der Waals surface area contributed by atoms with Crippen LogP contribution in [0.15, 0.2) is 12.4 Å². The molecule has 15 heavy (non-hydrogen) atoms. The van der Waals surface area contributed by atoms with Crippen LogP contribution in [-0.4, -0.2) is 27.5 Å². The average molecular weight is 211 g/mol. The van der Waals surface area contributed by atoms with Crippen molar-refractivity contribution in [1.29, 1.82) is 0 Å². The minimum absolute atomic E-state index is 0.134. The van der Waals surface area contributed by atoms with Crippen LogP contribution in [0.5, 0.6) is 0 Å². The van der Waals surface area contributed by atoms with Crippen LogP contribution in [0.25, 0.3) is 0 Å². The first-order valence-electron chi connectivity index (χ1n) is 5.58. The smallest absolute Gasteiger partial charge is 0.0538 e. The minimum atomic E-state index is -0.134. The Kier molecular flexibility index (Phi) is 5.36. The summed E-state index contributed by atoms with van der Waals surface area (Å²) in [6.45, 7) is 3.82. The molecular weight excluding hydrogens is 190 g/mol. The molecule has 0 spiro atoms. The number of hydrogen-bond donors (Lipinski definition) is 2. The summed E-state index contributed by atoms with van der Waals surface area (Å²) in [7, 11) is 1.92. The zero-order valence-corrected chi connectivity index (χ0v) is 9.61. The Morgan fingerprint density at radius 3 is 3.00 bits per heavy atom. The monoisotopic (exact) mass is 211 g/mol. The highest BCUT2D eigenvalue weighted by Gasteiger charge is 1.99. The van der Waals surface area contributed by atoms with Gasteiger partial charge in [0, 0.05) is 25.4 Å². The van der Waals surface area contributed by atoms with Crippen molar-refractivity contribution in [2.24, 2.45) is 7.05 Å². The standard InChI is InChI=1S/C11H21N3O/c1-3-11(15)5-4-6-12-7-10-8-13-14(2)9-10/h8-9,11-12,15H,3-7H2,1-2H3. The van der Waals surface area contributed by atoms with E-state index in [2.05, 4.69) is 10.4 Å². The summed E-state index contributed by atoms with van der Waals surface area (Å²) in [5.74, 6) is 0. The molecule has 4 nitrogen and oxygen atoms in total. The fourth-order valence-corrected chi connectivity index (χ4v) is 1.46. The molecule has 0 aliphatic carbocycles. The summed E-state index contributed by atoms with van der Waals surface area (Å²) >= 11 is 0. The second-order valence-corrected chi connectivity index (χ2v) is 3.90. The lowest BCUT2D eigenvalue weighted by atomic mass is 10.1. The molecule has 1 aromatic rings. The molecule has 1 heterocycles. The van der Waals surface area contributed by atoms with Gasteiger partial charge in [0.05, 0.1) is 12.3 Å². The molecule has 0 radical (unpaired) electrons. The van der Waals surface area contributed by atoms with Gasteiger partial charge in [-0.1, -0.05) is 6.92 Å². The molecule has 0 saturated carbocycles. The van der Waals surface area contributed by atoms with Gasteiger partial charge in [-0.25, -0.2) is 0 Å². The first-order valence-corrected chi connectivity index (χ1v) is 5.58. The Bertz CT molecular complexity index is 273. The summed E-state index contributed by atoms with van der Waals surface area (Å²) in [6, 6.07) is 0. The number of aryl methyl sites for hydroxylation is 1. The maximum atomic E-state index is 9.34. The number of hydrogen-bond acceptors (Lipinski definition) is 3. The molecule has 1 rings (SSSR count). The SMILES string of the molecule is CCC(O)CCCNCc1cnn(C)c1. The predicted octanol–water partition coefficient (Wildman–Crippen LogP) is 1.06. The van der Waals surface area contributed by atoms with Gasteiger partial charge in [0.25, 0.3) is 0 Å². The molecule has 0 amide bonds. The highest BCUT2D eigenvalue weighted by atomic mass is 16.3.